The molecule has 6 heteroatoms. The first-order chi connectivity index (χ1) is 9.94. The minimum Gasteiger partial charge on any atom is -0.313 e. The van der Waals surface area contributed by atoms with Crippen molar-refractivity contribution in [1.82, 2.24) is 10.3 Å². The molecule has 21 heavy (non-hydrogen) atoms. The molecule has 1 heterocycles. The molecule has 1 aromatic carbocycles. The van der Waals surface area contributed by atoms with Gasteiger partial charge in [0, 0.05) is 36.2 Å². The van der Waals surface area contributed by atoms with E-state index in [0.29, 0.717) is 0 Å². The Hall–Kier alpha value is -1.24. The molecule has 0 fully saturated rings. The second-order valence-electron chi connectivity index (χ2n) is 5.19. The Balaban J connectivity index is 1.84. The standard InChI is InChI=1S/C15H20N2O2S2/c1-12(11-21(2,18)19)16-9-8-15-17-14(10-20-15)13-6-4-3-5-7-13/h3-7,10,12,16H,8-9,11H2,1-2H3/t12-/m1/s1. The van der Waals surface area contributed by atoms with Gasteiger partial charge in [0.25, 0.3) is 0 Å². The van der Waals surface area contributed by atoms with Crippen molar-refractivity contribution in [3.05, 3.63) is 40.7 Å². The van der Waals surface area contributed by atoms with Crippen LogP contribution >= 0.6 is 11.3 Å². The Morgan fingerprint density at radius 2 is 2.00 bits per heavy atom. The van der Waals surface area contributed by atoms with Crippen LogP contribution in [0.5, 0.6) is 0 Å². The number of nitrogens with one attached hydrogen (secondary N) is 1. The molecule has 1 aromatic heterocycles. The topological polar surface area (TPSA) is 59.1 Å². The highest BCUT2D eigenvalue weighted by molar-refractivity contribution is 7.90. The van der Waals surface area contributed by atoms with Gasteiger partial charge in [-0.1, -0.05) is 30.3 Å². The van der Waals surface area contributed by atoms with Crippen LogP contribution < -0.4 is 5.32 Å². The fourth-order valence-corrected chi connectivity index (χ4v) is 3.94. The summed E-state index contributed by atoms with van der Waals surface area (Å²) in [6.45, 7) is 2.62. The number of nitrogens with zero attached hydrogens (tertiary/aromatic N) is 1. The van der Waals surface area contributed by atoms with Crippen LogP contribution in [-0.4, -0.2) is 38.0 Å². The molecule has 0 unspecified atom stereocenters. The van der Waals surface area contributed by atoms with Gasteiger partial charge in [0.1, 0.15) is 9.84 Å². The van der Waals surface area contributed by atoms with Gasteiger partial charge in [0.05, 0.1) is 16.5 Å². The van der Waals surface area contributed by atoms with E-state index >= 15 is 0 Å². The molecule has 1 N–H and O–H groups in total. The highest BCUT2D eigenvalue weighted by atomic mass is 32.2. The van der Waals surface area contributed by atoms with Crippen molar-refractivity contribution in [1.29, 1.82) is 0 Å². The third kappa shape index (κ3) is 5.57. The lowest BCUT2D eigenvalue weighted by Crippen LogP contribution is -2.34. The molecule has 0 spiro atoms. The van der Waals surface area contributed by atoms with Crippen LogP contribution in [0.3, 0.4) is 0 Å². The van der Waals surface area contributed by atoms with E-state index in [0.717, 1.165) is 29.2 Å². The van der Waals surface area contributed by atoms with E-state index in [-0.39, 0.29) is 11.8 Å². The monoisotopic (exact) mass is 324 g/mol. The lowest BCUT2D eigenvalue weighted by Gasteiger charge is -2.11. The lowest BCUT2D eigenvalue weighted by atomic mass is 10.2. The maximum absolute atomic E-state index is 11.2. The zero-order chi connectivity index (χ0) is 15.3. The summed E-state index contributed by atoms with van der Waals surface area (Å²) in [7, 11) is -2.93. The smallest absolute Gasteiger partial charge is 0.148 e. The SMILES string of the molecule is C[C@H](CS(C)(=O)=O)NCCc1nc(-c2ccccc2)cs1. The van der Waals surface area contributed by atoms with Crippen LogP contribution in [0.1, 0.15) is 11.9 Å². The van der Waals surface area contributed by atoms with Gasteiger partial charge in [0.15, 0.2) is 0 Å². The summed E-state index contributed by atoms with van der Waals surface area (Å²) < 4.78 is 22.4. The maximum Gasteiger partial charge on any atom is 0.148 e. The van der Waals surface area contributed by atoms with Crippen molar-refractivity contribution in [2.45, 2.75) is 19.4 Å². The van der Waals surface area contributed by atoms with Crippen molar-refractivity contribution in [3.63, 3.8) is 0 Å². The van der Waals surface area contributed by atoms with E-state index in [1.54, 1.807) is 11.3 Å². The third-order valence-corrected chi connectivity index (χ3v) is 5.02. The molecule has 0 amide bonds. The van der Waals surface area contributed by atoms with Gasteiger partial charge in [0.2, 0.25) is 0 Å². The molecule has 0 aliphatic heterocycles. The number of thiazole rings is 1. The van der Waals surface area contributed by atoms with E-state index in [2.05, 4.69) is 15.7 Å². The Bertz CT molecular complexity index is 666. The van der Waals surface area contributed by atoms with Crippen molar-refractivity contribution in [3.8, 4) is 11.3 Å². The average molecular weight is 324 g/mol. The second-order valence-corrected chi connectivity index (χ2v) is 8.32. The van der Waals surface area contributed by atoms with Gasteiger partial charge in [-0.25, -0.2) is 13.4 Å². The van der Waals surface area contributed by atoms with Crippen LogP contribution in [-0.2, 0) is 16.3 Å². The Kier molecular flexibility index (Phi) is 5.50. The van der Waals surface area contributed by atoms with Crippen LogP contribution in [0, 0.1) is 0 Å². The summed E-state index contributed by atoms with van der Waals surface area (Å²) in [5, 5.41) is 6.35. The number of rotatable bonds is 7. The van der Waals surface area contributed by atoms with Crippen molar-refractivity contribution >= 4 is 21.2 Å². The summed E-state index contributed by atoms with van der Waals surface area (Å²) in [5.41, 5.74) is 2.12. The van der Waals surface area contributed by atoms with Gasteiger partial charge in [-0.15, -0.1) is 11.3 Å². The summed E-state index contributed by atoms with van der Waals surface area (Å²) >= 11 is 1.64. The van der Waals surface area contributed by atoms with Crippen LogP contribution in [0.15, 0.2) is 35.7 Å². The fraction of sp³-hybridized carbons (Fsp3) is 0.400. The minimum absolute atomic E-state index is 0.0337. The van der Waals surface area contributed by atoms with Crippen LogP contribution in [0.25, 0.3) is 11.3 Å². The first kappa shape index (κ1) is 16.1. The molecule has 0 aliphatic carbocycles. The zero-order valence-corrected chi connectivity index (χ0v) is 13.9. The van der Waals surface area contributed by atoms with Crippen molar-refractivity contribution < 1.29 is 8.42 Å². The molecule has 0 saturated carbocycles. The Morgan fingerprint density at radius 1 is 1.29 bits per heavy atom. The quantitative estimate of drug-likeness (QED) is 0.849. The molecule has 4 nitrogen and oxygen atoms in total. The Morgan fingerprint density at radius 3 is 2.67 bits per heavy atom. The van der Waals surface area contributed by atoms with Crippen molar-refractivity contribution in [2.24, 2.45) is 0 Å². The molecule has 2 rings (SSSR count). The van der Waals surface area contributed by atoms with Gasteiger partial charge in [-0.3, -0.25) is 0 Å². The molecule has 114 valence electrons. The predicted molar refractivity (Wildman–Crippen MR) is 88.4 cm³/mol. The normalized spacial score (nSPS) is 13.2. The van der Waals surface area contributed by atoms with Gasteiger partial charge < -0.3 is 5.32 Å². The van der Waals surface area contributed by atoms with Gasteiger partial charge in [-0.2, -0.15) is 0 Å². The number of benzene rings is 1. The molecular weight excluding hydrogens is 304 g/mol. The zero-order valence-electron chi connectivity index (χ0n) is 12.2. The molecule has 1 atom stereocenters. The molecular formula is C15H20N2O2S2. The fourth-order valence-electron chi connectivity index (χ4n) is 2.11. The number of hydrogen-bond donors (Lipinski definition) is 1. The van der Waals surface area contributed by atoms with E-state index in [1.165, 1.54) is 6.26 Å². The van der Waals surface area contributed by atoms with E-state index in [9.17, 15) is 8.42 Å². The average Bonchev–Trinajstić information content (AvgIpc) is 2.86. The van der Waals surface area contributed by atoms with Crippen molar-refractivity contribution in [2.75, 3.05) is 18.6 Å². The van der Waals surface area contributed by atoms with Gasteiger partial charge >= 0.3 is 0 Å². The third-order valence-electron chi connectivity index (χ3n) is 3.01. The Labute approximate surface area is 130 Å². The van der Waals surface area contributed by atoms with E-state index in [4.69, 9.17) is 0 Å². The van der Waals surface area contributed by atoms with E-state index < -0.39 is 9.84 Å². The highest BCUT2D eigenvalue weighted by Gasteiger charge is 2.10. The van der Waals surface area contributed by atoms with Crippen LogP contribution in [0.4, 0.5) is 0 Å². The summed E-state index contributed by atoms with van der Waals surface area (Å²) in [6.07, 6.45) is 2.07. The summed E-state index contributed by atoms with van der Waals surface area (Å²) in [4.78, 5) is 4.61. The molecule has 0 radical (unpaired) electrons. The highest BCUT2D eigenvalue weighted by Crippen LogP contribution is 2.21. The maximum atomic E-state index is 11.2. The number of sulfone groups is 1. The predicted octanol–water partition coefficient (Wildman–Crippen LogP) is 2.38. The van der Waals surface area contributed by atoms with E-state index in [1.807, 2.05) is 37.3 Å². The molecule has 0 bridgehead atoms. The molecule has 0 saturated heterocycles. The first-order valence-corrected chi connectivity index (χ1v) is 9.79. The molecule has 2 aromatic rings. The lowest BCUT2D eigenvalue weighted by molar-refractivity contribution is 0.561. The number of aromatic nitrogens is 1. The van der Waals surface area contributed by atoms with Crippen LogP contribution in [0.2, 0.25) is 0 Å². The summed E-state index contributed by atoms with van der Waals surface area (Å²) in [5.74, 6) is 0.167. The van der Waals surface area contributed by atoms with Gasteiger partial charge in [-0.05, 0) is 6.92 Å². The largest absolute Gasteiger partial charge is 0.313 e. The first-order valence-electron chi connectivity index (χ1n) is 6.85. The second kappa shape index (κ2) is 7.15. The minimum atomic E-state index is -2.93. The summed E-state index contributed by atoms with van der Waals surface area (Å²) in [6, 6.07) is 10.1. The number of hydrogen-bond acceptors (Lipinski definition) is 5. The molecule has 0 aliphatic rings.